The Kier molecular flexibility index (Phi) is 6.71. The summed E-state index contributed by atoms with van der Waals surface area (Å²) in [6.07, 6.45) is -0.292. The summed E-state index contributed by atoms with van der Waals surface area (Å²) in [6, 6.07) is 4.69. The summed E-state index contributed by atoms with van der Waals surface area (Å²) in [5, 5.41) is 3.78. The molecule has 2 rings (SSSR count). The van der Waals surface area contributed by atoms with Crippen LogP contribution in [-0.4, -0.2) is 55.7 Å². The minimum absolute atomic E-state index is 0.126. The molecule has 1 heterocycles. The highest BCUT2D eigenvalue weighted by Crippen LogP contribution is 2.25. The summed E-state index contributed by atoms with van der Waals surface area (Å²) in [5.41, 5.74) is 0.505. The zero-order valence-corrected chi connectivity index (χ0v) is 15.3. The van der Waals surface area contributed by atoms with Crippen LogP contribution in [0.1, 0.15) is 13.8 Å². The fraction of sp³-hybridized carbons (Fsp3) is 0.500. The van der Waals surface area contributed by atoms with Gasteiger partial charge in [-0.2, -0.15) is 0 Å². The molecular weight excluding hydrogens is 353 g/mol. The highest BCUT2D eigenvalue weighted by molar-refractivity contribution is 6.35. The number of nitrogens with one attached hydrogen (secondary N) is 2. The van der Waals surface area contributed by atoms with Gasteiger partial charge in [-0.05, 0) is 32.0 Å². The number of hydrogen-bond donors (Lipinski definition) is 2. The van der Waals surface area contributed by atoms with Crippen LogP contribution in [0.25, 0.3) is 0 Å². The second-order valence-corrected chi connectivity index (χ2v) is 6.52. The van der Waals surface area contributed by atoms with Crippen LogP contribution in [0, 0.1) is 0 Å². The van der Waals surface area contributed by atoms with Crippen LogP contribution in [0.3, 0.4) is 0 Å². The lowest BCUT2D eigenvalue weighted by Gasteiger charge is -2.34. The first-order valence-electron chi connectivity index (χ1n) is 7.94. The Hall–Kier alpha value is -1.50. The first kappa shape index (κ1) is 18.8. The number of nitrogens with zero attached hydrogens (tertiary/aromatic N) is 1. The van der Waals surface area contributed by atoms with Crippen LogP contribution in [0.4, 0.5) is 10.5 Å². The molecule has 0 radical (unpaired) electrons. The lowest BCUT2D eigenvalue weighted by Crippen LogP contribution is -3.19. The molecule has 0 spiro atoms. The molecule has 1 aromatic carbocycles. The quantitative estimate of drug-likeness (QED) is 0.842. The Morgan fingerprint density at radius 3 is 2.62 bits per heavy atom. The number of carbonyl (C=O) groups excluding carboxylic acids is 2. The van der Waals surface area contributed by atoms with Crippen LogP contribution in [0.5, 0.6) is 0 Å². The molecule has 1 atom stereocenters. The first-order valence-corrected chi connectivity index (χ1v) is 8.70. The second-order valence-electron chi connectivity index (χ2n) is 5.68. The van der Waals surface area contributed by atoms with Crippen molar-refractivity contribution in [1.82, 2.24) is 4.90 Å². The average molecular weight is 375 g/mol. The van der Waals surface area contributed by atoms with E-state index >= 15 is 0 Å². The van der Waals surface area contributed by atoms with Crippen molar-refractivity contribution in [1.29, 1.82) is 0 Å². The van der Waals surface area contributed by atoms with Gasteiger partial charge >= 0.3 is 6.09 Å². The molecule has 8 heteroatoms. The molecule has 1 aliphatic rings. The molecule has 1 aromatic rings. The number of halogens is 2. The van der Waals surface area contributed by atoms with E-state index in [1.165, 1.54) is 0 Å². The molecule has 6 nitrogen and oxygen atoms in total. The van der Waals surface area contributed by atoms with E-state index < -0.39 is 0 Å². The largest absolute Gasteiger partial charge is 0.450 e. The molecular formula is C16H22Cl2N3O3+. The second kappa shape index (κ2) is 8.55. The minimum atomic E-state index is -0.292. The van der Waals surface area contributed by atoms with Crippen molar-refractivity contribution in [2.75, 3.05) is 38.1 Å². The third-order valence-corrected chi connectivity index (χ3v) is 4.69. The van der Waals surface area contributed by atoms with E-state index in [4.69, 9.17) is 27.9 Å². The summed E-state index contributed by atoms with van der Waals surface area (Å²) in [6.45, 7) is 6.54. The van der Waals surface area contributed by atoms with E-state index in [9.17, 15) is 9.59 Å². The zero-order valence-electron chi connectivity index (χ0n) is 13.8. The zero-order chi connectivity index (χ0) is 17.7. The van der Waals surface area contributed by atoms with Gasteiger partial charge < -0.3 is 15.0 Å². The summed E-state index contributed by atoms with van der Waals surface area (Å²) in [7, 11) is 0. The van der Waals surface area contributed by atoms with Gasteiger partial charge in [0.15, 0.2) is 6.04 Å². The van der Waals surface area contributed by atoms with Crippen molar-refractivity contribution in [2.45, 2.75) is 19.9 Å². The van der Waals surface area contributed by atoms with Gasteiger partial charge in [0.25, 0.3) is 5.91 Å². The van der Waals surface area contributed by atoms with Gasteiger partial charge in [0.2, 0.25) is 0 Å². The lowest BCUT2D eigenvalue weighted by molar-refractivity contribution is -0.917. The van der Waals surface area contributed by atoms with Crippen molar-refractivity contribution in [2.24, 2.45) is 0 Å². The van der Waals surface area contributed by atoms with E-state index in [1.807, 2.05) is 6.92 Å². The Morgan fingerprint density at radius 1 is 1.33 bits per heavy atom. The molecule has 0 saturated carbocycles. The third kappa shape index (κ3) is 4.75. The summed E-state index contributed by atoms with van der Waals surface area (Å²) in [4.78, 5) is 27.0. The molecule has 1 fully saturated rings. The van der Waals surface area contributed by atoms with Crippen molar-refractivity contribution in [3.8, 4) is 0 Å². The van der Waals surface area contributed by atoms with Crippen LogP contribution < -0.4 is 10.2 Å². The molecule has 24 heavy (non-hydrogen) atoms. The van der Waals surface area contributed by atoms with Gasteiger partial charge in [-0.15, -0.1) is 0 Å². The number of hydrogen-bond acceptors (Lipinski definition) is 3. The van der Waals surface area contributed by atoms with Crippen LogP contribution in [-0.2, 0) is 9.53 Å². The average Bonchev–Trinajstić information content (AvgIpc) is 2.57. The molecule has 0 bridgehead atoms. The van der Waals surface area contributed by atoms with Crippen LogP contribution in [0.2, 0.25) is 10.0 Å². The number of piperazine rings is 1. The molecule has 0 aromatic heterocycles. The summed E-state index contributed by atoms with van der Waals surface area (Å²) < 4.78 is 5.00. The summed E-state index contributed by atoms with van der Waals surface area (Å²) >= 11 is 12.0. The highest BCUT2D eigenvalue weighted by Gasteiger charge is 2.31. The standard InChI is InChI=1S/C16H21Cl2N3O3/c1-3-24-16(23)21-8-6-20(7-9-21)11(2)15(22)19-14-10-12(17)4-5-13(14)18/h4-5,10-11H,3,6-9H2,1-2H3,(H,19,22)/p+1/t11-/m0/s1. The lowest BCUT2D eigenvalue weighted by atomic mass is 10.2. The van der Waals surface area contributed by atoms with Crippen molar-refractivity contribution >= 4 is 40.9 Å². The number of carbonyl (C=O) groups is 2. The van der Waals surface area contributed by atoms with E-state index in [-0.39, 0.29) is 18.0 Å². The van der Waals surface area contributed by atoms with E-state index in [0.29, 0.717) is 48.5 Å². The molecule has 1 saturated heterocycles. The fourth-order valence-corrected chi connectivity index (χ4v) is 2.98. The minimum Gasteiger partial charge on any atom is -0.450 e. The van der Waals surface area contributed by atoms with E-state index in [2.05, 4.69) is 5.32 Å². The van der Waals surface area contributed by atoms with Gasteiger partial charge in [-0.25, -0.2) is 4.79 Å². The Morgan fingerprint density at radius 2 is 2.00 bits per heavy atom. The predicted octanol–water partition coefficient (Wildman–Crippen LogP) is 1.68. The van der Waals surface area contributed by atoms with Crippen LogP contribution in [0.15, 0.2) is 18.2 Å². The summed E-state index contributed by atoms with van der Waals surface area (Å²) in [5.74, 6) is -0.126. The number of amides is 2. The van der Waals surface area contributed by atoms with Gasteiger partial charge in [0, 0.05) is 5.02 Å². The predicted molar refractivity (Wildman–Crippen MR) is 93.8 cm³/mol. The van der Waals surface area contributed by atoms with E-state index in [1.54, 1.807) is 30.0 Å². The van der Waals surface area contributed by atoms with Crippen molar-refractivity contribution in [3.63, 3.8) is 0 Å². The molecule has 132 valence electrons. The monoisotopic (exact) mass is 374 g/mol. The number of benzene rings is 1. The molecule has 0 aliphatic carbocycles. The molecule has 2 amide bonds. The first-order chi connectivity index (χ1) is 11.4. The van der Waals surface area contributed by atoms with Gasteiger partial charge in [-0.3, -0.25) is 9.69 Å². The number of ether oxygens (including phenoxy) is 1. The Bertz CT molecular complexity index is 604. The fourth-order valence-electron chi connectivity index (χ4n) is 2.64. The highest BCUT2D eigenvalue weighted by atomic mass is 35.5. The topological polar surface area (TPSA) is 63.1 Å². The van der Waals surface area contributed by atoms with Gasteiger partial charge in [0.05, 0.1) is 43.5 Å². The molecule has 0 unspecified atom stereocenters. The number of anilines is 1. The normalized spacial score (nSPS) is 16.6. The smallest absolute Gasteiger partial charge is 0.410 e. The maximum Gasteiger partial charge on any atom is 0.410 e. The number of quaternary nitrogens is 1. The number of rotatable bonds is 4. The SMILES string of the molecule is CCOC(=O)N1CC[NH+]([C@@H](C)C(=O)Nc2cc(Cl)ccc2Cl)CC1. The van der Waals surface area contributed by atoms with Crippen molar-refractivity contribution < 1.29 is 19.2 Å². The third-order valence-electron chi connectivity index (χ3n) is 4.12. The Balaban J connectivity index is 1.90. The van der Waals surface area contributed by atoms with E-state index in [0.717, 1.165) is 4.90 Å². The maximum atomic E-state index is 12.5. The van der Waals surface area contributed by atoms with Gasteiger partial charge in [-0.1, -0.05) is 23.2 Å². The van der Waals surface area contributed by atoms with Crippen LogP contribution >= 0.6 is 23.2 Å². The van der Waals surface area contributed by atoms with Crippen molar-refractivity contribution in [3.05, 3.63) is 28.2 Å². The molecule has 2 N–H and O–H groups in total. The Labute approximate surface area is 151 Å². The maximum absolute atomic E-state index is 12.5. The molecule has 1 aliphatic heterocycles. The van der Waals surface area contributed by atoms with Gasteiger partial charge in [0.1, 0.15) is 0 Å².